The van der Waals surface area contributed by atoms with Gasteiger partial charge in [-0.25, -0.2) is 0 Å². The van der Waals surface area contributed by atoms with E-state index in [0.29, 0.717) is 12.1 Å². The average Bonchev–Trinajstić information content (AvgIpc) is 2.87. The molecule has 1 atom stereocenters. The predicted octanol–water partition coefficient (Wildman–Crippen LogP) is 1.44. The van der Waals surface area contributed by atoms with Crippen molar-refractivity contribution in [1.29, 1.82) is 0 Å². The Balaban J connectivity index is 2.05. The molecule has 0 aliphatic carbocycles. The fourth-order valence-electron chi connectivity index (χ4n) is 2.79. The quantitative estimate of drug-likeness (QED) is 0.890. The number of carbonyl (C=O) groups is 3. The number of amides is 1. The third kappa shape index (κ3) is 3.90. The summed E-state index contributed by atoms with van der Waals surface area (Å²) in [6, 6.07) is 6.75. The predicted molar refractivity (Wildman–Crippen MR) is 76.9 cm³/mol. The van der Waals surface area contributed by atoms with Crippen molar-refractivity contribution < 1.29 is 19.5 Å². The second-order valence-corrected chi connectivity index (χ2v) is 5.42. The van der Waals surface area contributed by atoms with Gasteiger partial charge >= 0.3 is 5.97 Å². The van der Waals surface area contributed by atoms with Crippen LogP contribution in [0.5, 0.6) is 0 Å². The lowest BCUT2D eigenvalue weighted by Gasteiger charge is -2.22. The Bertz CT molecular complexity index is 567. The lowest BCUT2D eigenvalue weighted by Crippen LogP contribution is -2.40. The molecule has 1 N–H and O–H groups in total. The van der Waals surface area contributed by atoms with Crippen LogP contribution in [0.1, 0.15) is 30.9 Å². The van der Waals surface area contributed by atoms with E-state index in [9.17, 15) is 14.4 Å². The molecule has 1 aromatic rings. The Morgan fingerprint density at radius 3 is 2.52 bits per heavy atom. The largest absolute Gasteiger partial charge is 0.481 e. The number of Topliss-reactive ketones (excluding diaryl/α,β-unsaturated/α-hetero) is 1. The molecule has 112 valence electrons. The van der Waals surface area contributed by atoms with Crippen molar-refractivity contribution in [2.24, 2.45) is 0 Å². The maximum Gasteiger partial charge on any atom is 0.307 e. The van der Waals surface area contributed by atoms with Gasteiger partial charge in [0, 0.05) is 6.54 Å². The maximum atomic E-state index is 12.3. The molecular formula is C16H19NO4. The molecule has 0 spiro atoms. The van der Waals surface area contributed by atoms with Crippen LogP contribution < -0.4 is 0 Å². The van der Waals surface area contributed by atoms with E-state index < -0.39 is 5.97 Å². The van der Waals surface area contributed by atoms with Crippen molar-refractivity contribution in [1.82, 2.24) is 4.90 Å². The number of likely N-dealkylation sites (tertiary alicyclic amines) is 1. The van der Waals surface area contributed by atoms with Crippen LogP contribution in [0.2, 0.25) is 0 Å². The van der Waals surface area contributed by atoms with Crippen molar-refractivity contribution in [2.45, 2.75) is 38.6 Å². The van der Waals surface area contributed by atoms with Gasteiger partial charge in [-0.3, -0.25) is 14.4 Å². The summed E-state index contributed by atoms with van der Waals surface area (Å²) >= 11 is 0. The molecule has 5 nitrogen and oxygen atoms in total. The minimum absolute atomic E-state index is 0.0282. The van der Waals surface area contributed by atoms with Gasteiger partial charge in [0.05, 0.1) is 18.9 Å². The van der Waals surface area contributed by atoms with E-state index in [-0.39, 0.29) is 30.6 Å². The first kappa shape index (κ1) is 15.2. The number of nitrogens with zero attached hydrogens (tertiary/aromatic N) is 1. The minimum Gasteiger partial charge on any atom is -0.481 e. The number of carbonyl (C=O) groups excluding carboxylic acids is 2. The average molecular weight is 289 g/mol. The zero-order valence-corrected chi connectivity index (χ0v) is 12.0. The van der Waals surface area contributed by atoms with Crippen LogP contribution in [0, 0.1) is 0 Å². The van der Waals surface area contributed by atoms with Gasteiger partial charge in [0.2, 0.25) is 5.91 Å². The smallest absolute Gasteiger partial charge is 0.307 e. The van der Waals surface area contributed by atoms with Gasteiger partial charge in [-0.2, -0.15) is 0 Å². The highest BCUT2D eigenvalue weighted by atomic mass is 16.4. The van der Waals surface area contributed by atoms with Gasteiger partial charge in [-0.15, -0.1) is 0 Å². The standard InChI is InChI=1S/C16H19NO4/c1-11(18)14-6-3-7-17(14)15(19)9-12-4-2-5-13(8-12)10-16(20)21/h2,4-5,8,14H,3,6-7,9-10H2,1H3,(H,20,21)/t14-/m0/s1. The molecule has 0 radical (unpaired) electrons. The van der Waals surface area contributed by atoms with E-state index in [1.54, 1.807) is 23.1 Å². The lowest BCUT2D eigenvalue weighted by atomic mass is 10.0. The van der Waals surface area contributed by atoms with E-state index in [4.69, 9.17) is 5.11 Å². The van der Waals surface area contributed by atoms with Gasteiger partial charge in [-0.05, 0) is 30.9 Å². The number of hydrogen-bond donors (Lipinski definition) is 1. The first-order chi connectivity index (χ1) is 9.97. The number of carboxylic acid groups (broad SMARTS) is 1. The zero-order chi connectivity index (χ0) is 15.4. The molecule has 0 saturated carbocycles. The van der Waals surface area contributed by atoms with Crippen molar-refractivity contribution in [3.63, 3.8) is 0 Å². The van der Waals surface area contributed by atoms with Crippen molar-refractivity contribution in [3.8, 4) is 0 Å². The van der Waals surface area contributed by atoms with Gasteiger partial charge in [0.15, 0.2) is 5.78 Å². The van der Waals surface area contributed by atoms with E-state index >= 15 is 0 Å². The summed E-state index contributed by atoms with van der Waals surface area (Å²) < 4.78 is 0. The van der Waals surface area contributed by atoms with Crippen LogP contribution in [-0.2, 0) is 27.2 Å². The number of ketones is 1. The van der Waals surface area contributed by atoms with Crippen molar-refractivity contribution in [2.75, 3.05) is 6.54 Å². The van der Waals surface area contributed by atoms with Crippen LogP contribution in [0.4, 0.5) is 0 Å². The highest BCUT2D eigenvalue weighted by molar-refractivity contribution is 5.88. The highest BCUT2D eigenvalue weighted by Crippen LogP contribution is 2.19. The van der Waals surface area contributed by atoms with Crippen LogP contribution in [0.3, 0.4) is 0 Å². The molecule has 1 heterocycles. The molecule has 2 rings (SSSR count). The highest BCUT2D eigenvalue weighted by Gasteiger charge is 2.31. The Morgan fingerprint density at radius 1 is 1.24 bits per heavy atom. The Kier molecular flexibility index (Phi) is 4.73. The fraction of sp³-hybridized carbons (Fsp3) is 0.438. The zero-order valence-electron chi connectivity index (χ0n) is 12.0. The molecule has 5 heteroatoms. The molecule has 1 aliphatic heterocycles. The molecule has 1 saturated heterocycles. The molecule has 0 bridgehead atoms. The second-order valence-electron chi connectivity index (χ2n) is 5.42. The van der Waals surface area contributed by atoms with Gasteiger partial charge in [-0.1, -0.05) is 24.3 Å². The van der Waals surface area contributed by atoms with Gasteiger partial charge in [0.1, 0.15) is 0 Å². The normalized spacial score (nSPS) is 17.8. The topological polar surface area (TPSA) is 74.7 Å². The summed E-state index contributed by atoms with van der Waals surface area (Å²) in [7, 11) is 0. The van der Waals surface area contributed by atoms with Gasteiger partial charge in [0.25, 0.3) is 0 Å². The summed E-state index contributed by atoms with van der Waals surface area (Å²) in [5, 5.41) is 8.80. The molecule has 0 aromatic heterocycles. The molecule has 0 unspecified atom stereocenters. The first-order valence-electron chi connectivity index (χ1n) is 7.07. The van der Waals surface area contributed by atoms with E-state index in [0.717, 1.165) is 18.4 Å². The summed E-state index contributed by atoms with van der Waals surface area (Å²) in [5.41, 5.74) is 1.46. The number of rotatable bonds is 5. The maximum absolute atomic E-state index is 12.3. The monoisotopic (exact) mass is 289 g/mol. The summed E-state index contributed by atoms with van der Waals surface area (Å²) in [5.74, 6) is -0.935. The minimum atomic E-state index is -0.894. The van der Waals surface area contributed by atoms with Crippen LogP contribution in [-0.4, -0.2) is 40.3 Å². The number of carboxylic acids is 1. The number of aliphatic carboxylic acids is 1. The summed E-state index contributed by atoms with van der Waals surface area (Å²) in [4.78, 5) is 36.2. The van der Waals surface area contributed by atoms with Crippen molar-refractivity contribution in [3.05, 3.63) is 35.4 Å². The third-order valence-corrected chi connectivity index (χ3v) is 3.74. The molecule has 1 aromatic carbocycles. The third-order valence-electron chi connectivity index (χ3n) is 3.74. The SMILES string of the molecule is CC(=O)[C@@H]1CCCN1C(=O)Cc1cccc(CC(=O)O)c1. The van der Waals surface area contributed by atoms with Crippen LogP contribution in [0.25, 0.3) is 0 Å². The Hall–Kier alpha value is -2.17. The number of benzene rings is 1. The molecule has 1 aliphatic rings. The molecule has 1 fully saturated rings. The van der Waals surface area contributed by atoms with E-state index in [2.05, 4.69) is 0 Å². The first-order valence-corrected chi connectivity index (χ1v) is 7.07. The Labute approximate surface area is 123 Å². The summed E-state index contributed by atoms with van der Waals surface area (Å²) in [6.45, 7) is 2.14. The fourth-order valence-corrected chi connectivity index (χ4v) is 2.79. The van der Waals surface area contributed by atoms with Crippen molar-refractivity contribution >= 4 is 17.7 Å². The molecule has 21 heavy (non-hydrogen) atoms. The van der Waals surface area contributed by atoms with Crippen LogP contribution >= 0.6 is 0 Å². The van der Waals surface area contributed by atoms with E-state index in [1.165, 1.54) is 6.92 Å². The molecule has 1 amide bonds. The van der Waals surface area contributed by atoms with Crippen LogP contribution in [0.15, 0.2) is 24.3 Å². The second kappa shape index (κ2) is 6.52. The van der Waals surface area contributed by atoms with E-state index in [1.807, 2.05) is 6.07 Å². The molecular weight excluding hydrogens is 270 g/mol. The van der Waals surface area contributed by atoms with Gasteiger partial charge < -0.3 is 10.0 Å². The number of hydrogen-bond acceptors (Lipinski definition) is 3. The Morgan fingerprint density at radius 2 is 1.90 bits per heavy atom. The lowest BCUT2D eigenvalue weighted by molar-refractivity contribution is -0.136. The summed E-state index contributed by atoms with van der Waals surface area (Å²) in [6.07, 6.45) is 1.74.